The van der Waals surface area contributed by atoms with Gasteiger partial charge in [-0.2, -0.15) is 5.10 Å². The van der Waals surface area contributed by atoms with Crippen LogP contribution >= 0.6 is 12.2 Å². The number of nitrogens with zero attached hydrogens (tertiary/aromatic N) is 3. The number of thiocarbonyl (C=S) groups is 1. The summed E-state index contributed by atoms with van der Waals surface area (Å²) in [5.41, 5.74) is 4.31. The molecule has 2 aromatic rings. The summed E-state index contributed by atoms with van der Waals surface area (Å²) in [7, 11) is 0. The van der Waals surface area contributed by atoms with Gasteiger partial charge in [-0.3, -0.25) is 10.4 Å². The van der Waals surface area contributed by atoms with Crippen LogP contribution in [-0.2, 0) is 0 Å². The second-order valence-corrected chi connectivity index (χ2v) is 4.10. The minimum Gasteiger partial charge on any atom is -0.316 e. The Labute approximate surface area is 116 Å². The molecule has 0 bridgehead atoms. The maximum atomic E-state index is 5.11. The average molecular weight is 271 g/mol. The van der Waals surface area contributed by atoms with Crippen LogP contribution < -0.4 is 10.7 Å². The predicted molar refractivity (Wildman–Crippen MR) is 80.0 cm³/mol. The summed E-state index contributed by atoms with van der Waals surface area (Å²) in [5, 5.41) is 7.48. The summed E-state index contributed by atoms with van der Waals surface area (Å²) in [6.45, 7) is 1.86. The van der Waals surface area contributed by atoms with Crippen molar-refractivity contribution in [1.29, 1.82) is 0 Å². The number of hydrogen-bond acceptors (Lipinski definition) is 4. The molecule has 2 heterocycles. The fourth-order valence-corrected chi connectivity index (χ4v) is 1.50. The Morgan fingerprint density at radius 1 is 1.11 bits per heavy atom. The summed E-state index contributed by atoms with van der Waals surface area (Å²) in [6, 6.07) is 11.2. The van der Waals surface area contributed by atoms with E-state index >= 15 is 0 Å². The van der Waals surface area contributed by atoms with E-state index in [0.717, 1.165) is 11.4 Å². The first-order valence-corrected chi connectivity index (χ1v) is 6.10. The van der Waals surface area contributed by atoms with Gasteiger partial charge in [-0.1, -0.05) is 12.1 Å². The molecule has 0 saturated carbocycles. The highest BCUT2D eigenvalue weighted by atomic mass is 32.1. The van der Waals surface area contributed by atoms with Crippen molar-refractivity contribution in [3.8, 4) is 0 Å². The Morgan fingerprint density at radius 3 is 2.47 bits per heavy atom. The normalized spacial score (nSPS) is 10.9. The van der Waals surface area contributed by atoms with Crippen molar-refractivity contribution >= 4 is 28.9 Å². The van der Waals surface area contributed by atoms with Gasteiger partial charge in [0, 0.05) is 12.4 Å². The summed E-state index contributed by atoms with van der Waals surface area (Å²) in [6.07, 6.45) is 3.41. The summed E-state index contributed by atoms with van der Waals surface area (Å²) >= 11 is 5.11. The van der Waals surface area contributed by atoms with Crippen LogP contribution in [0.1, 0.15) is 12.6 Å². The van der Waals surface area contributed by atoms with Crippen molar-refractivity contribution in [3.63, 3.8) is 0 Å². The lowest BCUT2D eigenvalue weighted by molar-refractivity contribution is 1.03. The molecule has 2 N–H and O–H groups in total. The average Bonchev–Trinajstić information content (AvgIpc) is 2.47. The third-order valence-corrected chi connectivity index (χ3v) is 2.46. The van der Waals surface area contributed by atoms with E-state index in [-0.39, 0.29) is 0 Å². The van der Waals surface area contributed by atoms with Gasteiger partial charge in [-0.15, -0.1) is 0 Å². The van der Waals surface area contributed by atoms with Gasteiger partial charge < -0.3 is 5.32 Å². The summed E-state index contributed by atoms with van der Waals surface area (Å²) in [5.74, 6) is 0.672. The zero-order valence-electron chi connectivity index (χ0n) is 10.4. The zero-order chi connectivity index (χ0) is 13.5. The monoisotopic (exact) mass is 271 g/mol. The lowest BCUT2D eigenvalue weighted by Gasteiger charge is -2.06. The lowest BCUT2D eigenvalue weighted by Crippen LogP contribution is -2.25. The third-order valence-electron chi connectivity index (χ3n) is 2.27. The fraction of sp³-hybridized carbons (Fsp3) is 0.0769. The number of anilines is 1. The smallest absolute Gasteiger partial charge is 0.192 e. The molecule has 0 aromatic carbocycles. The van der Waals surface area contributed by atoms with Crippen LogP contribution in [0.15, 0.2) is 53.9 Å². The highest BCUT2D eigenvalue weighted by Crippen LogP contribution is 1.99. The zero-order valence-corrected chi connectivity index (χ0v) is 11.2. The molecule has 19 heavy (non-hydrogen) atoms. The molecule has 96 valence electrons. The van der Waals surface area contributed by atoms with Crippen LogP contribution in [0.25, 0.3) is 0 Å². The quantitative estimate of drug-likeness (QED) is 0.509. The first kappa shape index (κ1) is 13.1. The van der Waals surface area contributed by atoms with Crippen LogP contribution in [0, 0.1) is 0 Å². The SMILES string of the molecule is C/C(=N\NC(=S)Nc1ccccn1)c1ccccn1. The van der Waals surface area contributed by atoms with Crippen molar-refractivity contribution in [2.75, 3.05) is 5.32 Å². The highest BCUT2D eigenvalue weighted by Gasteiger charge is 1.99. The van der Waals surface area contributed by atoms with Gasteiger partial charge in [0.2, 0.25) is 0 Å². The minimum absolute atomic E-state index is 0.383. The topological polar surface area (TPSA) is 62.2 Å². The van der Waals surface area contributed by atoms with Crippen molar-refractivity contribution < 1.29 is 0 Å². The van der Waals surface area contributed by atoms with Gasteiger partial charge >= 0.3 is 0 Å². The van der Waals surface area contributed by atoms with Crippen molar-refractivity contribution in [2.45, 2.75) is 6.92 Å². The second-order valence-electron chi connectivity index (χ2n) is 3.69. The van der Waals surface area contributed by atoms with Gasteiger partial charge in [-0.25, -0.2) is 4.98 Å². The van der Waals surface area contributed by atoms with Crippen LogP contribution in [0.2, 0.25) is 0 Å². The van der Waals surface area contributed by atoms with E-state index in [0.29, 0.717) is 10.9 Å². The standard InChI is InChI=1S/C13H13N5S/c1-10(11-6-2-4-8-14-11)17-18-13(19)16-12-7-3-5-9-15-12/h2-9H,1H3,(H2,15,16,18,19)/b17-10+. The van der Waals surface area contributed by atoms with Gasteiger partial charge in [0.05, 0.1) is 11.4 Å². The Hall–Kier alpha value is -2.34. The van der Waals surface area contributed by atoms with Crippen molar-refractivity contribution in [2.24, 2.45) is 5.10 Å². The summed E-state index contributed by atoms with van der Waals surface area (Å²) < 4.78 is 0. The minimum atomic E-state index is 0.383. The molecular weight excluding hydrogens is 258 g/mol. The van der Waals surface area contributed by atoms with Gasteiger partial charge in [-0.05, 0) is 43.4 Å². The first-order chi connectivity index (χ1) is 9.25. The van der Waals surface area contributed by atoms with Gasteiger partial charge in [0.1, 0.15) is 5.82 Å². The van der Waals surface area contributed by atoms with E-state index in [4.69, 9.17) is 12.2 Å². The van der Waals surface area contributed by atoms with Gasteiger partial charge in [0.25, 0.3) is 0 Å². The molecule has 0 fully saturated rings. The molecule has 0 amide bonds. The summed E-state index contributed by atoms with van der Waals surface area (Å²) in [4.78, 5) is 8.30. The highest BCUT2D eigenvalue weighted by molar-refractivity contribution is 7.80. The number of rotatable bonds is 3. The molecule has 0 unspecified atom stereocenters. The molecular formula is C13H13N5S. The Morgan fingerprint density at radius 2 is 1.84 bits per heavy atom. The Balaban J connectivity index is 1.93. The Bertz CT molecular complexity index is 568. The van der Waals surface area contributed by atoms with E-state index in [2.05, 4.69) is 25.8 Å². The van der Waals surface area contributed by atoms with Gasteiger partial charge in [0.15, 0.2) is 5.11 Å². The molecule has 0 spiro atoms. The maximum Gasteiger partial charge on any atom is 0.192 e. The molecule has 6 heteroatoms. The Kier molecular flexibility index (Phi) is 4.52. The molecule has 0 saturated heterocycles. The largest absolute Gasteiger partial charge is 0.316 e. The van der Waals surface area contributed by atoms with Crippen LogP contribution in [0.3, 0.4) is 0 Å². The third kappa shape index (κ3) is 4.11. The van der Waals surface area contributed by atoms with Crippen LogP contribution in [0.5, 0.6) is 0 Å². The molecule has 0 aliphatic heterocycles. The molecule has 2 aromatic heterocycles. The number of pyridine rings is 2. The number of hydrogen-bond donors (Lipinski definition) is 2. The molecule has 0 aliphatic rings. The number of hydrazone groups is 1. The van der Waals surface area contributed by atoms with Crippen LogP contribution in [-0.4, -0.2) is 20.8 Å². The first-order valence-electron chi connectivity index (χ1n) is 5.69. The fourth-order valence-electron chi connectivity index (χ4n) is 1.35. The molecule has 0 aliphatic carbocycles. The van der Waals surface area contributed by atoms with Crippen molar-refractivity contribution in [3.05, 3.63) is 54.5 Å². The second kappa shape index (κ2) is 6.55. The van der Waals surface area contributed by atoms with E-state index in [9.17, 15) is 0 Å². The maximum absolute atomic E-state index is 5.11. The predicted octanol–water partition coefficient (Wildman–Crippen LogP) is 2.19. The van der Waals surface area contributed by atoms with Crippen molar-refractivity contribution in [1.82, 2.24) is 15.4 Å². The molecule has 5 nitrogen and oxygen atoms in total. The van der Waals surface area contributed by atoms with E-state index < -0.39 is 0 Å². The molecule has 2 rings (SSSR count). The van der Waals surface area contributed by atoms with E-state index in [1.807, 2.05) is 43.3 Å². The number of nitrogens with one attached hydrogen (secondary N) is 2. The van der Waals surface area contributed by atoms with Crippen LogP contribution in [0.4, 0.5) is 5.82 Å². The molecule has 0 atom stereocenters. The van der Waals surface area contributed by atoms with E-state index in [1.54, 1.807) is 12.4 Å². The van der Waals surface area contributed by atoms with E-state index in [1.165, 1.54) is 0 Å². The molecule has 0 radical (unpaired) electrons. The lowest BCUT2D eigenvalue weighted by atomic mass is 10.3. The number of aromatic nitrogens is 2.